The summed E-state index contributed by atoms with van der Waals surface area (Å²) in [5, 5.41) is 1.68. The second-order valence-electron chi connectivity index (χ2n) is 6.48. The van der Waals surface area contributed by atoms with Crippen LogP contribution in [-0.2, 0) is 25.7 Å². The summed E-state index contributed by atoms with van der Waals surface area (Å²) in [6, 6.07) is 12.6. The molecule has 0 unspecified atom stereocenters. The summed E-state index contributed by atoms with van der Waals surface area (Å²) in [4.78, 5) is 4.22. The highest BCUT2D eigenvalue weighted by Gasteiger charge is 2.57. The lowest BCUT2D eigenvalue weighted by molar-refractivity contribution is 0.0340. The van der Waals surface area contributed by atoms with E-state index in [0.29, 0.717) is 10.9 Å². The number of aryl methyl sites for hydroxylation is 1. The third-order valence-electron chi connectivity index (χ3n) is 4.53. The Kier molecular flexibility index (Phi) is 6.13. The molecule has 3 rings (SSSR count). The van der Waals surface area contributed by atoms with Crippen molar-refractivity contribution in [1.82, 2.24) is 4.98 Å². The number of hydrogen-bond acceptors (Lipinski definition) is 4. The zero-order valence-electron chi connectivity index (χ0n) is 16.2. The molecule has 0 saturated carbocycles. The van der Waals surface area contributed by atoms with Crippen LogP contribution in [0.4, 0.5) is 8.78 Å². The number of para-hydroxylation sites is 1. The molecule has 0 aliphatic heterocycles. The molecule has 2 aromatic carbocycles. The first-order chi connectivity index (χ1) is 13.4. The topological polar surface area (TPSA) is 48.4 Å². The average molecular weight is 407 g/mol. The predicted octanol–water partition coefficient (Wildman–Crippen LogP) is 6.66. The standard InChI is InChI=1S/C21H24F2NO3P/c1-4-9-15-12-13-16-17-10-7-8-11-19(17)24-20(18(16)14-15)21(22,23)28(25,26-5-2)27-6-3/h7-8,10-14H,4-6,9H2,1-3H3. The van der Waals surface area contributed by atoms with Crippen LogP contribution in [0, 0.1) is 0 Å². The Balaban J connectivity index is 2.36. The third-order valence-corrected chi connectivity index (χ3v) is 6.63. The lowest BCUT2D eigenvalue weighted by Gasteiger charge is -2.26. The molecule has 0 saturated heterocycles. The number of pyridine rings is 1. The Labute approximate surface area is 163 Å². The van der Waals surface area contributed by atoms with Crippen LogP contribution in [0.25, 0.3) is 21.7 Å². The molecule has 28 heavy (non-hydrogen) atoms. The van der Waals surface area contributed by atoms with Gasteiger partial charge in [-0.05, 0) is 43.4 Å². The largest absolute Gasteiger partial charge is 0.406 e. The second kappa shape index (κ2) is 8.24. The van der Waals surface area contributed by atoms with Crippen molar-refractivity contribution >= 4 is 29.3 Å². The molecule has 0 bridgehead atoms. The molecule has 150 valence electrons. The molecule has 4 nitrogen and oxygen atoms in total. The lowest BCUT2D eigenvalue weighted by Crippen LogP contribution is -2.20. The highest BCUT2D eigenvalue weighted by molar-refractivity contribution is 7.54. The van der Waals surface area contributed by atoms with E-state index in [2.05, 4.69) is 4.98 Å². The van der Waals surface area contributed by atoms with Crippen LogP contribution in [0.1, 0.15) is 38.4 Å². The fourth-order valence-corrected chi connectivity index (χ4v) is 4.85. The smallest absolute Gasteiger partial charge is 0.304 e. The first kappa shape index (κ1) is 20.8. The number of hydrogen-bond donors (Lipinski definition) is 0. The zero-order chi connectivity index (χ0) is 20.4. The Hall–Kier alpha value is -1.88. The van der Waals surface area contributed by atoms with Gasteiger partial charge in [-0.15, -0.1) is 0 Å². The molecule has 3 aromatic rings. The molecule has 0 atom stereocenters. The molecule has 0 spiro atoms. The van der Waals surface area contributed by atoms with E-state index in [0.717, 1.165) is 23.8 Å². The van der Waals surface area contributed by atoms with Crippen molar-refractivity contribution in [3.63, 3.8) is 0 Å². The summed E-state index contributed by atoms with van der Waals surface area (Å²) >= 11 is 0. The van der Waals surface area contributed by atoms with Crippen LogP contribution in [0.2, 0.25) is 0 Å². The first-order valence-corrected chi connectivity index (χ1v) is 11.0. The summed E-state index contributed by atoms with van der Waals surface area (Å²) in [6.45, 7) is 4.73. The number of fused-ring (bicyclic) bond motifs is 3. The van der Waals surface area contributed by atoms with Gasteiger partial charge in [0.2, 0.25) is 0 Å². The van der Waals surface area contributed by atoms with E-state index in [9.17, 15) is 4.57 Å². The monoisotopic (exact) mass is 407 g/mol. The third kappa shape index (κ3) is 3.57. The summed E-state index contributed by atoms with van der Waals surface area (Å²) in [5.41, 5.74) is -3.12. The van der Waals surface area contributed by atoms with E-state index in [-0.39, 0.29) is 18.6 Å². The summed E-state index contributed by atoms with van der Waals surface area (Å²) in [6.07, 6.45) is 1.64. The van der Waals surface area contributed by atoms with Gasteiger partial charge in [0.25, 0.3) is 0 Å². The van der Waals surface area contributed by atoms with Crippen molar-refractivity contribution in [2.75, 3.05) is 13.2 Å². The van der Waals surface area contributed by atoms with Gasteiger partial charge in [0.05, 0.1) is 18.7 Å². The SMILES string of the molecule is CCCc1ccc2c(c1)c(C(F)(F)P(=O)(OCC)OCC)nc1ccccc12. The van der Waals surface area contributed by atoms with Crippen molar-refractivity contribution in [3.05, 3.63) is 53.7 Å². The van der Waals surface area contributed by atoms with Gasteiger partial charge in [-0.3, -0.25) is 4.57 Å². The van der Waals surface area contributed by atoms with Crippen molar-refractivity contribution in [1.29, 1.82) is 0 Å². The van der Waals surface area contributed by atoms with Crippen molar-refractivity contribution in [2.24, 2.45) is 0 Å². The minimum absolute atomic E-state index is 0.153. The summed E-state index contributed by atoms with van der Waals surface area (Å²) in [5.74, 6) is 0. The summed E-state index contributed by atoms with van der Waals surface area (Å²) in [7, 11) is -4.75. The highest BCUT2D eigenvalue weighted by atomic mass is 31.2. The number of aromatic nitrogens is 1. The molecule has 7 heteroatoms. The van der Waals surface area contributed by atoms with Gasteiger partial charge in [-0.1, -0.05) is 43.7 Å². The highest BCUT2D eigenvalue weighted by Crippen LogP contribution is 2.67. The number of nitrogens with zero attached hydrogens (tertiary/aromatic N) is 1. The van der Waals surface area contributed by atoms with E-state index in [1.54, 1.807) is 18.2 Å². The van der Waals surface area contributed by atoms with Gasteiger partial charge in [-0.25, -0.2) is 4.98 Å². The maximum Gasteiger partial charge on any atom is 0.406 e. The minimum Gasteiger partial charge on any atom is -0.304 e. The van der Waals surface area contributed by atoms with Crippen LogP contribution in [0.3, 0.4) is 0 Å². The van der Waals surface area contributed by atoms with Crippen molar-refractivity contribution in [2.45, 2.75) is 39.3 Å². The quantitative estimate of drug-likeness (QED) is 0.310. The van der Waals surface area contributed by atoms with Crippen LogP contribution in [0.5, 0.6) is 0 Å². The van der Waals surface area contributed by atoms with Crippen LogP contribution >= 0.6 is 7.60 Å². The molecule has 0 amide bonds. The van der Waals surface area contributed by atoms with Crippen molar-refractivity contribution < 1.29 is 22.4 Å². The Morgan fingerprint density at radius 3 is 2.29 bits per heavy atom. The zero-order valence-corrected chi connectivity index (χ0v) is 17.1. The van der Waals surface area contributed by atoms with Gasteiger partial charge in [0, 0.05) is 10.8 Å². The fourth-order valence-electron chi connectivity index (χ4n) is 3.34. The van der Waals surface area contributed by atoms with Crippen LogP contribution in [0.15, 0.2) is 42.5 Å². The Morgan fingerprint density at radius 1 is 0.964 bits per heavy atom. The van der Waals surface area contributed by atoms with Crippen LogP contribution < -0.4 is 0 Å². The number of benzene rings is 2. The fraction of sp³-hybridized carbons (Fsp3) is 0.381. The molecule has 0 N–H and O–H groups in total. The van der Waals surface area contributed by atoms with Gasteiger partial charge < -0.3 is 9.05 Å². The molecule has 0 fully saturated rings. The maximum atomic E-state index is 15.6. The van der Waals surface area contributed by atoms with Crippen molar-refractivity contribution in [3.8, 4) is 0 Å². The van der Waals surface area contributed by atoms with E-state index in [1.165, 1.54) is 13.8 Å². The van der Waals surface area contributed by atoms with Gasteiger partial charge in [0.1, 0.15) is 5.69 Å². The molecule has 0 aliphatic carbocycles. The number of rotatable bonds is 8. The molecule has 0 aliphatic rings. The van der Waals surface area contributed by atoms with E-state index < -0.39 is 19.0 Å². The van der Waals surface area contributed by atoms with E-state index >= 15 is 8.78 Å². The predicted molar refractivity (Wildman–Crippen MR) is 108 cm³/mol. The minimum atomic E-state index is -4.75. The Morgan fingerprint density at radius 2 is 1.64 bits per heavy atom. The summed E-state index contributed by atoms with van der Waals surface area (Å²) < 4.78 is 54.1. The number of alkyl halides is 2. The number of halogens is 2. The van der Waals surface area contributed by atoms with Gasteiger partial charge in [0.15, 0.2) is 0 Å². The lowest BCUT2D eigenvalue weighted by atomic mass is 9.99. The molecule has 1 aromatic heterocycles. The van der Waals surface area contributed by atoms with Gasteiger partial charge in [-0.2, -0.15) is 8.78 Å². The molecule has 0 radical (unpaired) electrons. The Bertz CT molecular complexity index is 1030. The molecule has 1 heterocycles. The van der Waals surface area contributed by atoms with E-state index in [1.807, 2.05) is 31.2 Å². The van der Waals surface area contributed by atoms with E-state index in [4.69, 9.17) is 9.05 Å². The maximum absolute atomic E-state index is 15.6. The normalized spacial score (nSPS) is 12.8. The first-order valence-electron chi connectivity index (χ1n) is 9.46. The van der Waals surface area contributed by atoms with Gasteiger partial charge >= 0.3 is 13.3 Å². The second-order valence-corrected chi connectivity index (χ2v) is 8.55. The molecular weight excluding hydrogens is 383 g/mol. The van der Waals surface area contributed by atoms with Crippen LogP contribution in [-0.4, -0.2) is 18.2 Å². The average Bonchev–Trinajstić information content (AvgIpc) is 2.67. The molecular formula is C21H24F2NO3P.